The molecule has 0 amide bonds. The zero-order valence-electron chi connectivity index (χ0n) is 13.1. The summed E-state index contributed by atoms with van der Waals surface area (Å²) in [6, 6.07) is 9.86. The molecule has 2 rings (SSSR count). The normalized spacial score (nSPS) is 12.2. The van der Waals surface area contributed by atoms with Crippen LogP contribution >= 0.6 is 0 Å². The third-order valence-electron chi connectivity index (χ3n) is 3.18. The molecule has 0 spiro atoms. The molecule has 0 radical (unpaired) electrons. The van der Waals surface area contributed by atoms with Crippen LogP contribution in [0.25, 0.3) is 0 Å². The van der Waals surface area contributed by atoms with Crippen LogP contribution in [0.4, 0.5) is 0 Å². The number of hydrogen-bond acceptors (Lipinski definition) is 5. The lowest BCUT2D eigenvalue weighted by Crippen LogP contribution is -2.34. The van der Waals surface area contributed by atoms with Gasteiger partial charge in [0, 0.05) is 25.5 Å². The van der Waals surface area contributed by atoms with E-state index in [1.54, 1.807) is 43.6 Å². The summed E-state index contributed by atoms with van der Waals surface area (Å²) in [4.78, 5) is 4.01. The summed E-state index contributed by atoms with van der Waals surface area (Å²) in [5.74, 6) is -0.349. The average Bonchev–Trinajstić information content (AvgIpc) is 2.54. The Morgan fingerprint density at radius 1 is 1.04 bits per heavy atom. The number of nitrogens with zero attached hydrogens (tertiary/aromatic N) is 1. The van der Waals surface area contributed by atoms with Crippen LogP contribution in [0.3, 0.4) is 0 Å². The molecule has 0 aliphatic rings. The largest absolute Gasteiger partial charge is 0.264 e. The molecule has 0 fully saturated rings. The van der Waals surface area contributed by atoms with E-state index in [4.69, 9.17) is 0 Å². The van der Waals surface area contributed by atoms with Crippen LogP contribution in [0, 0.1) is 6.92 Å². The van der Waals surface area contributed by atoms with Gasteiger partial charge in [-0.3, -0.25) is 4.98 Å². The fraction of sp³-hybridized carbons (Fsp3) is 0.267. The number of rotatable bonds is 8. The molecule has 130 valence electrons. The fourth-order valence-corrected chi connectivity index (χ4v) is 4.11. The van der Waals surface area contributed by atoms with Crippen LogP contribution in [0.1, 0.15) is 11.1 Å². The predicted molar refractivity (Wildman–Crippen MR) is 91.2 cm³/mol. The van der Waals surface area contributed by atoms with Crippen molar-refractivity contribution in [2.75, 3.05) is 12.3 Å². The third-order valence-corrected chi connectivity index (χ3v) is 5.97. The van der Waals surface area contributed by atoms with Crippen LogP contribution in [0.5, 0.6) is 0 Å². The smallest absolute Gasteiger partial charge is 0.240 e. The number of sulfonamides is 2. The molecule has 2 N–H and O–H groups in total. The first-order valence-electron chi connectivity index (χ1n) is 7.21. The number of benzene rings is 1. The van der Waals surface area contributed by atoms with Gasteiger partial charge < -0.3 is 0 Å². The van der Waals surface area contributed by atoms with Gasteiger partial charge in [0.2, 0.25) is 20.0 Å². The van der Waals surface area contributed by atoms with Crippen molar-refractivity contribution in [1.29, 1.82) is 0 Å². The van der Waals surface area contributed by atoms with E-state index in [1.165, 1.54) is 12.1 Å². The number of nitrogens with one attached hydrogen (secondary N) is 2. The lowest BCUT2D eigenvalue weighted by molar-refractivity contribution is 0.575. The SMILES string of the molecule is Cc1cccc(S(=O)(=O)NCCS(=O)(=O)NCc2cccnc2)c1. The van der Waals surface area contributed by atoms with Gasteiger partial charge in [0.05, 0.1) is 10.6 Å². The molecule has 0 aliphatic heterocycles. The summed E-state index contributed by atoms with van der Waals surface area (Å²) < 4.78 is 52.8. The number of pyridine rings is 1. The van der Waals surface area contributed by atoms with E-state index in [1.807, 2.05) is 0 Å². The minimum atomic E-state index is -3.72. The van der Waals surface area contributed by atoms with Crippen LogP contribution in [0.15, 0.2) is 53.7 Å². The molecular formula is C15H19N3O4S2. The van der Waals surface area contributed by atoms with E-state index >= 15 is 0 Å². The Morgan fingerprint density at radius 2 is 1.83 bits per heavy atom. The standard InChI is InChI=1S/C15H19N3O4S2/c1-13-4-2-6-15(10-13)24(21,22)17-8-9-23(19,20)18-12-14-5-3-7-16-11-14/h2-7,10-11,17-18H,8-9,12H2,1H3. The second-order valence-corrected chi connectivity index (χ2v) is 8.91. The lowest BCUT2D eigenvalue weighted by Gasteiger charge is -2.09. The van der Waals surface area contributed by atoms with Crippen molar-refractivity contribution in [3.63, 3.8) is 0 Å². The third kappa shape index (κ3) is 5.68. The zero-order valence-corrected chi connectivity index (χ0v) is 14.8. The summed E-state index contributed by atoms with van der Waals surface area (Å²) >= 11 is 0. The van der Waals surface area contributed by atoms with Gasteiger partial charge in [-0.25, -0.2) is 26.3 Å². The van der Waals surface area contributed by atoms with Crippen molar-refractivity contribution in [3.8, 4) is 0 Å². The van der Waals surface area contributed by atoms with Gasteiger partial charge in [-0.05, 0) is 36.2 Å². The Hall–Kier alpha value is -1.81. The van der Waals surface area contributed by atoms with E-state index < -0.39 is 20.0 Å². The van der Waals surface area contributed by atoms with Gasteiger partial charge in [0.1, 0.15) is 0 Å². The molecule has 0 atom stereocenters. The topological polar surface area (TPSA) is 105 Å². The molecule has 0 aliphatic carbocycles. The first-order chi connectivity index (χ1) is 11.3. The van der Waals surface area contributed by atoms with E-state index in [-0.39, 0.29) is 23.7 Å². The minimum Gasteiger partial charge on any atom is -0.264 e. The molecule has 1 aromatic heterocycles. The summed E-state index contributed by atoms with van der Waals surface area (Å²) in [6.45, 7) is 1.69. The number of hydrogen-bond donors (Lipinski definition) is 2. The molecular weight excluding hydrogens is 350 g/mol. The van der Waals surface area contributed by atoms with Gasteiger partial charge in [0.25, 0.3) is 0 Å². The van der Waals surface area contributed by atoms with Crippen LogP contribution in [-0.4, -0.2) is 34.1 Å². The molecule has 1 aromatic carbocycles. The Morgan fingerprint density at radius 3 is 2.50 bits per heavy atom. The Labute approximate surface area is 142 Å². The van der Waals surface area contributed by atoms with E-state index in [0.717, 1.165) is 11.1 Å². The summed E-state index contributed by atoms with van der Waals surface area (Å²) in [5.41, 5.74) is 1.53. The van der Waals surface area contributed by atoms with Crippen molar-refractivity contribution in [3.05, 3.63) is 59.9 Å². The van der Waals surface area contributed by atoms with Crippen LogP contribution in [0.2, 0.25) is 0 Å². The van der Waals surface area contributed by atoms with Crippen molar-refractivity contribution in [1.82, 2.24) is 14.4 Å². The molecule has 24 heavy (non-hydrogen) atoms. The zero-order chi connectivity index (χ0) is 17.6. The molecule has 7 nitrogen and oxygen atoms in total. The van der Waals surface area contributed by atoms with Crippen molar-refractivity contribution >= 4 is 20.0 Å². The average molecular weight is 369 g/mol. The van der Waals surface area contributed by atoms with E-state index in [9.17, 15) is 16.8 Å². The van der Waals surface area contributed by atoms with Gasteiger partial charge in [0.15, 0.2) is 0 Å². The predicted octanol–water partition coefficient (Wildman–Crippen LogP) is 0.788. The summed E-state index contributed by atoms with van der Waals surface area (Å²) in [5, 5.41) is 0. The maximum absolute atomic E-state index is 12.1. The monoisotopic (exact) mass is 369 g/mol. The maximum Gasteiger partial charge on any atom is 0.240 e. The van der Waals surface area contributed by atoms with E-state index in [0.29, 0.717) is 0 Å². The molecule has 0 bridgehead atoms. The molecule has 1 heterocycles. The van der Waals surface area contributed by atoms with Gasteiger partial charge >= 0.3 is 0 Å². The van der Waals surface area contributed by atoms with Crippen molar-refractivity contribution < 1.29 is 16.8 Å². The number of aryl methyl sites for hydroxylation is 1. The highest BCUT2D eigenvalue weighted by Crippen LogP contribution is 2.10. The van der Waals surface area contributed by atoms with Crippen LogP contribution in [-0.2, 0) is 26.6 Å². The lowest BCUT2D eigenvalue weighted by atomic mass is 10.2. The highest BCUT2D eigenvalue weighted by atomic mass is 32.2. The van der Waals surface area contributed by atoms with Crippen molar-refractivity contribution in [2.45, 2.75) is 18.4 Å². The Bertz CT molecular complexity index is 882. The molecule has 0 unspecified atom stereocenters. The molecule has 2 aromatic rings. The Kier molecular flexibility index (Phi) is 6.05. The Balaban J connectivity index is 1.88. The van der Waals surface area contributed by atoms with Crippen LogP contribution < -0.4 is 9.44 Å². The fourth-order valence-electron chi connectivity index (χ4n) is 1.94. The second kappa shape index (κ2) is 7.84. The first kappa shape index (κ1) is 18.5. The summed E-state index contributed by atoms with van der Waals surface area (Å²) in [7, 11) is -7.32. The summed E-state index contributed by atoms with van der Waals surface area (Å²) in [6.07, 6.45) is 3.15. The highest BCUT2D eigenvalue weighted by molar-refractivity contribution is 7.90. The van der Waals surface area contributed by atoms with Gasteiger partial charge in [-0.2, -0.15) is 0 Å². The quantitative estimate of drug-likeness (QED) is 0.716. The highest BCUT2D eigenvalue weighted by Gasteiger charge is 2.16. The van der Waals surface area contributed by atoms with Gasteiger partial charge in [-0.1, -0.05) is 18.2 Å². The molecule has 0 saturated heterocycles. The second-order valence-electron chi connectivity index (χ2n) is 5.22. The maximum atomic E-state index is 12.1. The van der Waals surface area contributed by atoms with Crippen molar-refractivity contribution in [2.24, 2.45) is 0 Å². The molecule has 9 heteroatoms. The minimum absolute atomic E-state index is 0.112. The number of aromatic nitrogens is 1. The molecule has 0 saturated carbocycles. The van der Waals surface area contributed by atoms with E-state index in [2.05, 4.69) is 14.4 Å². The first-order valence-corrected chi connectivity index (χ1v) is 10.3. The van der Waals surface area contributed by atoms with Gasteiger partial charge in [-0.15, -0.1) is 0 Å².